The van der Waals surface area contributed by atoms with E-state index in [2.05, 4.69) is 4.18 Å². The van der Waals surface area contributed by atoms with Crippen molar-refractivity contribution in [1.82, 2.24) is 0 Å². The highest BCUT2D eigenvalue weighted by atomic mass is 32.2. The predicted molar refractivity (Wildman–Crippen MR) is 38.5 cm³/mol. The first-order chi connectivity index (χ1) is 5.24. The molecule has 5 heteroatoms. The first-order valence-electron chi connectivity index (χ1n) is 2.78. The van der Waals surface area contributed by atoms with Crippen LogP contribution < -0.4 is 0 Å². The standard InChI is InChI=1S/C6H6O4S/c1-9-11-5-3-2-4(10-5)6(7)8/h2-3H,1H3,(H,7,8). The van der Waals surface area contributed by atoms with Gasteiger partial charge in [0.25, 0.3) is 0 Å². The molecule has 4 nitrogen and oxygen atoms in total. The van der Waals surface area contributed by atoms with Gasteiger partial charge in [0.05, 0.1) is 19.2 Å². The third kappa shape index (κ3) is 1.99. The highest BCUT2D eigenvalue weighted by Crippen LogP contribution is 2.20. The highest BCUT2D eigenvalue weighted by molar-refractivity contribution is 7.94. The summed E-state index contributed by atoms with van der Waals surface area (Å²) < 4.78 is 9.47. The van der Waals surface area contributed by atoms with Crippen LogP contribution in [0.15, 0.2) is 21.6 Å². The van der Waals surface area contributed by atoms with E-state index >= 15 is 0 Å². The fourth-order valence-electron chi connectivity index (χ4n) is 0.562. The monoisotopic (exact) mass is 174 g/mol. The lowest BCUT2D eigenvalue weighted by Gasteiger charge is -1.89. The Balaban J connectivity index is 2.73. The molecule has 0 spiro atoms. The minimum absolute atomic E-state index is 0.0791. The minimum Gasteiger partial charge on any atom is -0.475 e. The summed E-state index contributed by atoms with van der Waals surface area (Å²) in [7, 11) is 1.48. The Kier molecular flexibility index (Phi) is 2.56. The Hall–Kier alpha value is -0.940. The highest BCUT2D eigenvalue weighted by Gasteiger charge is 2.08. The van der Waals surface area contributed by atoms with E-state index in [0.29, 0.717) is 5.09 Å². The van der Waals surface area contributed by atoms with Gasteiger partial charge in [0.15, 0.2) is 5.09 Å². The molecule has 0 amide bonds. The zero-order valence-electron chi connectivity index (χ0n) is 5.73. The SMILES string of the molecule is COSc1ccc(C(=O)O)o1. The fraction of sp³-hybridized carbons (Fsp3) is 0.167. The van der Waals surface area contributed by atoms with E-state index in [9.17, 15) is 4.79 Å². The number of aromatic carboxylic acids is 1. The van der Waals surface area contributed by atoms with Gasteiger partial charge in [-0.1, -0.05) is 0 Å². The number of carbonyl (C=O) groups is 1. The second-order valence-electron chi connectivity index (χ2n) is 1.67. The summed E-state index contributed by atoms with van der Waals surface area (Å²) in [6.07, 6.45) is 0. The Morgan fingerprint density at radius 2 is 2.45 bits per heavy atom. The molecule has 0 bridgehead atoms. The first-order valence-corrected chi connectivity index (χ1v) is 3.52. The zero-order chi connectivity index (χ0) is 8.27. The van der Waals surface area contributed by atoms with Crippen LogP contribution in [0.4, 0.5) is 0 Å². The van der Waals surface area contributed by atoms with Gasteiger partial charge in [-0.3, -0.25) is 0 Å². The molecule has 11 heavy (non-hydrogen) atoms. The third-order valence-corrected chi connectivity index (χ3v) is 1.51. The van der Waals surface area contributed by atoms with E-state index in [-0.39, 0.29) is 5.76 Å². The smallest absolute Gasteiger partial charge is 0.371 e. The van der Waals surface area contributed by atoms with Crippen molar-refractivity contribution < 1.29 is 18.5 Å². The van der Waals surface area contributed by atoms with E-state index in [4.69, 9.17) is 9.52 Å². The summed E-state index contributed by atoms with van der Waals surface area (Å²) in [6, 6.07) is 2.92. The van der Waals surface area contributed by atoms with Gasteiger partial charge in [-0.05, 0) is 12.1 Å². The van der Waals surface area contributed by atoms with Crippen molar-refractivity contribution in [3.05, 3.63) is 17.9 Å². The molecule has 0 atom stereocenters. The molecule has 0 aliphatic rings. The molecular weight excluding hydrogens is 168 g/mol. The minimum atomic E-state index is -1.08. The van der Waals surface area contributed by atoms with E-state index < -0.39 is 5.97 Å². The normalized spacial score (nSPS) is 9.91. The van der Waals surface area contributed by atoms with Crippen LogP contribution in [-0.2, 0) is 4.18 Å². The molecule has 0 saturated heterocycles. The van der Waals surface area contributed by atoms with Gasteiger partial charge in [-0.25, -0.2) is 4.79 Å². The summed E-state index contributed by atoms with van der Waals surface area (Å²) in [6.45, 7) is 0. The van der Waals surface area contributed by atoms with E-state index in [1.54, 1.807) is 0 Å². The second kappa shape index (κ2) is 3.45. The maximum absolute atomic E-state index is 10.3. The maximum Gasteiger partial charge on any atom is 0.371 e. The lowest BCUT2D eigenvalue weighted by Crippen LogP contribution is -1.91. The van der Waals surface area contributed by atoms with Crippen LogP contribution in [0.5, 0.6) is 0 Å². The molecule has 0 aliphatic heterocycles. The number of hydrogen-bond donors (Lipinski definition) is 1. The number of carboxylic acid groups (broad SMARTS) is 1. The lowest BCUT2D eigenvalue weighted by atomic mass is 10.5. The van der Waals surface area contributed by atoms with Crippen LogP contribution in [0.25, 0.3) is 0 Å². The first kappa shape index (κ1) is 8.16. The van der Waals surface area contributed by atoms with Gasteiger partial charge in [-0.15, -0.1) is 0 Å². The largest absolute Gasteiger partial charge is 0.475 e. The zero-order valence-corrected chi connectivity index (χ0v) is 6.55. The number of rotatable bonds is 3. The molecule has 0 aliphatic carbocycles. The van der Waals surface area contributed by atoms with Crippen molar-refractivity contribution in [2.45, 2.75) is 5.09 Å². The molecule has 1 rings (SSSR count). The molecule has 0 aromatic carbocycles. The van der Waals surface area contributed by atoms with E-state index in [1.165, 1.54) is 19.2 Å². The van der Waals surface area contributed by atoms with Crippen LogP contribution in [0.1, 0.15) is 10.6 Å². The van der Waals surface area contributed by atoms with Crippen molar-refractivity contribution in [2.24, 2.45) is 0 Å². The van der Waals surface area contributed by atoms with Gasteiger partial charge in [0.2, 0.25) is 5.76 Å². The van der Waals surface area contributed by atoms with Crippen molar-refractivity contribution >= 4 is 18.0 Å². The van der Waals surface area contributed by atoms with Crippen LogP contribution in [0.3, 0.4) is 0 Å². The molecule has 1 aromatic heterocycles. The molecule has 0 unspecified atom stereocenters. The predicted octanol–water partition coefficient (Wildman–Crippen LogP) is 1.63. The Labute approximate surface area is 67.4 Å². The van der Waals surface area contributed by atoms with Crippen LogP contribution >= 0.6 is 12.0 Å². The van der Waals surface area contributed by atoms with Gasteiger partial charge < -0.3 is 13.7 Å². The van der Waals surface area contributed by atoms with Crippen molar-refractivity contribution in [2.75, 3.05) is 7.11 Å². The third-order valence-electron chi connectivity index (χ3n) is 0.958. The summed E-state index contributed by atoms with van der Waals surface area (Å²) in [5.41, 5.74) is 0. The van der Waals surface area contributed by atoms with Crippen molar-refractivity contribution in [3.8, 4) is 0 Å². The second-order valence-corrected chi connectivity index (χ2v) is 2.58. The van der Waals surface area contributed by atoms with Crippen LogP contribution in [0.2, 0.25) is 0 Å². The number of furan rings is 1. The molecule has 1 N–H and O–H groups in total. The number of hydrogen-bond acceptors (Lipinski definition) is 4. The summed E-state index contributed by atoms with van der Waals surface area (Å²) >= 11 is 0.984. The topological polar surface area (TPSA) is 59.7 Å². The molecule has 0 radical (unpaired) electrons. The van der Waals surface area contributed by atoms with E-state index in [1.807, 2.05) is 0 Å². The maximum atomic E-state index is 10.3. The van der Waals surface area contributed by atoms with Gasteiger partial charge >= 0.3 is 5.97 Å². The van der Waals surface area contributed by atoms with Gasteiger partial charge in [0, 0.05) is 0 Å². The van der Waals surface area contributed by atoms with Crippen LogP contribution in [-0.4, -0.2) is 18.2 Å². The quantitative estimate of drug-likeness (QED) is 0.705. The van der Waals surface area contributed by atoms with E-state index in [0.717, 1.165) is 12.0 Å². The van der Waals surface area contributed by atoms with Crippen molar-refractivity contribution in [3.63, 3.8) is 0 Å². The molecular formula is C6H6O4S. The summed E-state index contributed by atoms with van der Waals surface area (Å²) in [5, 5.41) is 8.86. The van der Waals surface area contributed by atoms with Crippen LogP contribution in [0, 0.1) is 0 Å². The molecule has 60 valence electrons. The number of carboxylic acids is 1. The van der Waals surface area contributed by atoms with Gasteiger partial charge in [-0.2, -0.15) is 0 Å². The molecule has 1 heterocycles. The average Bonchev–Trinajstić information content (AvgIpc) is 2.37. The van der Waals surface area contributed by atoms with Crippen molar-refractivity contribution in [1.29, 1.82) is 0 Å². The summed E-state index contributed by atoms with van der Waals surface area (Å²) in [4.78, 5) is 10.3. The Bertz CT molecular complexity index is 255. The molecule has 0 saturated carbocycles. The molecule has 0 fully saturated rings. The summed E-state index contributed by atoms with van der Waals surface area (Å²) in [5.74, 6) is -1.16. The molecule has 1 aromatic rings. The average molecular weight is 174 g/mol. The Morgan fingerprint density at radius 1 is 1.73 bits per heavy atom. The fourth-order valence-corrected chi connectivity index (χ4v) is 0.974. The lowest BCUT2D eigenvalue weighted by molar-refractivity contribution is 0.0656. The van der Waals surface area contributed by atoms with Gasteiger partial charge in [0.1, 0.15) is 0 Å². The Morgan fingerprint density at radius 3 is 2.91 bits per heavy atom.